The zero-order valence-corrected chi connectivity index (χ0v) is 14.5. The van der Waals surface area contributed by atoms with Gasteiger partial charge in [-0.05, 0) is 12.8 Å². The van der Waals surface area contributed by atoms with E-state index in [0.29, 0.717) is 6.42 Å². The first kappa shape index (κ1) is 22.0. The maximum absolute atomic E-state index is 10.2. The van der Waals surface area contributed by atoms with Crippen LogP contribution in [0.4, 0.5) is 0 Å². The van der Waals surface area contributed by atoms with Crippen LogP contribution in [0.1, 0.15) is 22.1 Å². The second-order valence-corrected chi connectivity index (χ2v) is 5.78. The first-order valence-corrected chi connectivity index (χ1v) is 6.83. The van der Waals surface area contributed by atoms with Crippen LogP contribution in [0.2, 0.25) is 0 Å². The van der Waals surface area contributed by atoms with Crippen LogP contribution in [0.15, 0.2) is 0 Å². The Morgan fingerprint density at radius 3 is 1.20 bits per heavy atom. The molecule has 0 aliphatic heterocycles. The fraction of sp³-hybridized carbons (Fsp3) is 1.00. The van der Waals surface area contributed by atoms with E-state index in [1.54, 1.807) is 0 Å². The summed E-state index contributed by atoms with van der Waals surface area (Å²) in [5, 5.41) is 0. The minimum absolute atomic E-state index is 0. The summed E-state index contributed by atoms with van der Waals surface area (Å²) >= 11 is 0. The van der Waals surface area contributed by atoms with Crippen LogP contribution in [0.25, 0.3) is 0 Å². The fourth-order valence-corrected chi connectivity index (χ4v) is 1.88. The quantitative estimate of drug-likeness (QED) is 0.285. The van der Waals surface area contributed by atoms with E-state index in [-0.39, 0.29) is 86.3 Å². The summed E-state index contributed by atoms with van der Waals surface area (Å²) in [6.07, 6.45) is 0.711. The Balaban J connectivity index is -0.000000120. The summed E-state index contributed by atoms with van der Waals surface area (Å²) in [6.45, 7) is 0. The number of rotatable bonds is 6. The molecule has 0 aromatic rings. The maximum Gasteiger partial charge on any atom is 1.00 e. The molecule has 2 N–H and O–H groups in total. The van der Waals surface area contributed by atoms with E-state index >= 15 is 0 Å². The zero-order chi connectivity index (χ0) is 10.5. The van der Waals surface area contributed by atoms with E-state index < -0.39 is 20.2 Å². The van der Waals surface area contributed by atoms with Gasteiger partial charge in [-0.2, -0.15) is 16.8 Å². The Labute approximate surface area is 137 Å². The third-order valence-electron chi connectivity index (χ3n) is 1.30. The van der Waals surface area contributed by atoms with Gasteiger partial charge in [0.1, 0.15) is 0 Å². The van der Waals surface area contributed by atoms with Crippen molar-refractivity contribution in [2.24, 2.45) is 0 Å². The molecule has 0 spiro atoms. The van der Waals surface area contributed by atoms with Gasteiger partial charge in [0.15, 0.2) is 0 Å². The topological polar surface area (TPSA) is 109 Å². The van der Waals surface area contributed by atoms with E-state index in [1.165, 1.54) is 0 Å². The third-order valence-corrected chi connectivity index (χ3v) is 2.91. The Kier molecular flexibility index (Phi) is 14.4. The molecule has 0 fully saturated rings. The molecule has 0 radical (unpaired) electrons. The maximum atomic E-state index is 10.2. The van der Waals surface area contributed by atoms with E-state index in [4.69, 9.17) is 9.11 Å². The minimum Gasteiger partial charge on any atom is -1.00 e. The van der Waals surface area contributed by atoms with Crippen molar-refractivity contribution in [1.29, 1.82) is 0 Å². The van der Waals surface area contributed by atoms with Gasteiger partial charge in [0.25, 0.3) is 20.2 Å². The monoisotopic (exact) mass is 280 g/mol. The second kappa shape index (κ2) is 9.81. The Hall–Kier alpha value is 1.82. The molecule has 0 aliphatic carbocycles. The fourth-order valence-electron chi connectivity index (χ4n) is 0.746. The van der Waals surface area contributed by atoms with Crippen LogP contribution in [0.5, 0.6) is 0 Å². The first-order chi connectivity index (χ1) is 5.71. The van der Waals surface area contributed by atoms with E-state index in [9.17, 15) is 16.8 Å². The van der Waals surface area contributed by atoms with Crippen LogP contribution in [0, 0.1) is 0 Å². The van der Waals surface area contributed by atoms with Gasteiger partial charge in [-0.3, -0.25) is 9.11 Å². The molecular weight excluding hydrogens is 266 g/mol. The average Bonchev–Trinajstić information content (AvgIpc) is 1.81. The van der Waals surface area contributed by atoms with Crippen molar-refractivity contribution in [3.63, 3.8) is 0 Å². The largest absolute Gasteiger partial charge is 1.00 e. The number of hydrogen-bond donors (Lipinski definition) is 2. The molecule has 0 aromatic heterocycles. The molecule has 84 valence electrons. The van der Waals surface area contributed by atoms with E-state index in [0.717, 1.165) is 0 Å². The van der Waals surface area contributed by atoms with Crippen molar-refractivity contribution in [2.75, 3.05) is 11.5 Å². The molecule has 0 rings (SSSR count). The van der Waals surface area contributed by atoms with Crippen LogP contribution in [-0.2, 0) is 20.2 Å². The molecule has 6 nitrogen and oxygen atoms in total. The standard InChI is InChI=1S/C5H12O6S2.2Na.2H/c6-12(7,8)4-2-1-3-5-13(9,10)11;;;;/h1-5H2,(H,6,7,8)(H,9,10,11);;;;/q;2*+1;2*-1. The molecule has 0 heterocycles. The van der Waals surface area contributed by atoms with Gasteiger partial charge in [-0.15, -0.1) is 0 Å². The van der Waals surface area contributed by atoms with Crippen molar-refractivity contribution in [2.45, 2.75) is 19.3 Å². The van der Waals surface area contributed by atoms with Gasteiger partial charge >= 0.3 is 59.1 Å². The van der Waals surface area contributed by atoms with Crippen molar-refractivity contribution in [3.05, 3.63) is 0 Å². The Bertz CT molecular complexity index is 309. The molecular formula is C5H14Na2O6S2. The van der Waals surface area contributed by atoms with Crippen molar-refractivity contribution in [1.82, 2.24) is 0 Å². The number of unbranched alkanes of at least 4 members (excludes halogenated alkanes) is 2. The molecule has 15 heavy (non-hydrogen) atoms. The second-order valence-electron chi connectivity index (χ2n) is 2.63. The van der Waals surface area contributed by atoms with Crippen LogP contribution in [-0.4, -0.2) is 37.4 Å². The van der Waals surface area contributed by atoms with Gasteiger partial charge in [-0.25, -0.2) is 0 Å². The molecule has 0 bridgehead atoms. The Morgan fingerprint density at radius 2 is 1.00 bits per heavy atom. The first-order valence-electron chi connectivity index (χ1n) is 3.61. The average molecular weight is 280 g/mol. The molecule has 0 saturated heterocycles. The smallest absolute Gasteiger partial charge is 1.00 e. The summed E-state index contributed by atoms with van der Waals surface area (Å²) < 4.78 is 57.3. The normalized spacial score (nSPS) is 11.3. The van der Waals surface area contributed by atoms with Crippen LogP contribution < -0.4 is 59.1 Å². The van der Waals surface area contributed by atoms with Crippen molar-refractivity contribution < 1.29 is 87.9 Å². The third kappa shape index (κ3) is 21.6. The van der Waals surface area contributed by atoms with Crippen LogP contribution >= 0.6 is 0 Å². The summed E-state index contributed by atoms with van der Waals surface area (Å²) in [5.74, 6) is -0.753. The SMILES string of the molecule is O=S(=O)(O)CCCCCS(=O)(=O)O.[H-].[H-].[Na+].[Na+]. The summed E-state index contributed by atoms with van der Waals surface area (Å²) in [5.41, 5.74) is 0. The van der Waals surface area contributed by atoms with E-state index in [1.807, 2.05) is 0 Å². The minimum atomic E-state index is -3.95. The zero-order valence-electron chi connectivity index (χ0n) is 10.9. The predicted molar refractivity (Wildman–Crippen MR) is 48.9 cm³/mol. The number of hydrogen-bond acceptors (Lipinski definition) is 4. The van der Waals surface area contributed by atoms with Gasteiger partial charge in [-0.1, -0.05) is 6.42 Å². The van der Waals surface area contributed by atoms with Gasteiger partial charge in [0.05, 0.1) is 11.5 Å². The van der Waals surface area contributed by atoms with Gasteiger partial charge in [0, 0.05) is 0 Å². The summed E-state index contributed by atoms with van der Waals surface area (Å²) in [7, 11) is -7.90. The van der Waals surface area contributed by atoms with E-state index in [2.05, 4.69) is 0 Å². The molecule has 0 atom stereocenters. The predicted octanol–water partition coefficient (Wildman–Crippen LogP) is -5.83. The Morgan fingerprint density at radius 1 is 0.733 bits per heavy atom. The van der Waals surface area contributed by atoms with Crippen LogP contribution in [0.3, 0.4) is 0 Å². The molecule has 0 unspecified atom stereocenters. The summed E-state index contributed by atoms with van der Waals surface area (Å²) in [6, 6.07) is 0. The van der Waals surface area contributed by atoms with Gasteiger partial charge in [0.2, 0.25) is 0 Å². The van der Waals surface area contributed by atoms with Crippen molar-refractivity contribution >= 4 is 20.2 Å². The summed E-state index contributed by atoms with van der Waals surface area (Å²) in [4.78, 5) is 0. The van der Waals surface area contributed by atoms with Crippen molar-refractivity contribution in [3.8, 4) is 0 Å². The van der Waals surface area contributed by atoms with Gasteiger partial charge < -0.3 is 2.85 Å². The molecule has 0 amide bonds. The molecule has 0 aromatic carbocycles. The molecule has 0 aliphatic rings. The molecule has 10 heteroatoms. The molecule has 0 saturated carbocycles.